The van der Waals surface area contributed by atoms with Crippen LogP contribution in [0.3, 0.4) is 0 Å². The second-order valence-electron chi connectivity index (χ2n) is 4.53. The molecule has 8 heteroatoms. The quantitative estimate of drug-likeness (QED) is 0.875. The molecule has 0 aliphatic carbocycles. The van der Waals surface area contributed by atoms with Crippen molar-refractivity contribution in [2.24, 2.45) is 0 Å². The molecule has 1 aliphatic heterocycles. The van der Waals surface area contributed by atoms with Crippen LogP contribution < -0.4 is 5.32 Å². The van der Waals surface area contributed by atoms with Crippen LogP contribution in [0.4, 0.5) is 10.5 Å². The maximum atomic E-state index is 12.2. The van der Waals surface area contributed by atoms with Crippen LogP contribution in [0.5, 0.6) is 0 Å². The molecule has 0 spiro atoms. The Morgan fingerprint density at radius 3 is 3.05 bits per heavy atom. The van der Waals surface area contributed by atoms with Crippen LogP contribution in [-0.4, -0.2) is 55.9 Å². The van der Waals surface area contributed by atoms with Gasteiger partial charge in [-0.1, -0.05) is 0 Å². The molecule has 1 saturated heterocycles. The Labute approximate surface area is 121 Å². The largest absolute Gasteiger partial charge is 0.481 e. The number of anilines is 1. The highest BCUT2D eigenvalue weighted by Gasteiger charge is 2.29. The number of carboxylic acid groups (broad SMARTS) is 1. The van der Waals surface area contributed by atoms with Crippen molar-refractivity contribution in [2.75, 3.05) is 23.4 Å². The number of urea groups is 1. The van der Waals surface area contributed by atoms with E-state index in [-0.39, 0.29) is 18.5 Å². The third kappa shape index (κ3) is 3.66. The number of nitrogens with zero attached hydrogens (tertiary/aromatic N) is 3. The van der Waals surface area contributed by atoms with Gasteiger partial charge in [0.05, 0.1) is 24.3 Å². The monoisotopic (exact) mass is 298 g/mol. The molecule has 1 aliphatic rings. The normalized spacial score (nSPS) is 18.9. The molecule has 2 heterocycles. The van der Waals surface area contributed by atoms with Gasteiger partial charge >= 0.3 is 12.0 Å². The molecule has 2 rings (SSSR count). The molecule has 2 N–H and O–H groups in total. The zero-order chi connectivity index (χ0) is 14.5. The molecule has 2 amide bonds. The topological polar surface area (TPSA) is 87.5 Å². The second kappa shape index (κ2) is 6.65. The molecule has 0 radical (unpaired) electrons. The van der Waals surface area contributed by atoms with Gasteiger partial charge in [-0.15, -0.1) is 0 Å². The first-order valence-electron chi connectivity index (χ1n) is 6.49. The first-order valence-corrected chi connectivity index (χ1v) is 7.65. The Bertz CT molecular complexity index is 491. The molecule has 1 atom stereocenters. The average Bonchev–Trinajstić information content (AvgIpc) is 2.86. The Morgan fingerprint density at radius 2 is 2.40 bits per heavy atom. The maximum absolute atomic E-state index is 12.2. The lowest BCUT2D eigenvalue weighted by Gasteiger charge is -2.34. The van der Waals surface area contributed by atoms with Gasteiger partial charge in [-0.25, -0.2) is 4.79 Å². The van der Waals surface area contributed by atoms with Crippen molar-refractivity contribution in [3.05, 3.63) is 12.4 Å². The molecular weight excluding hydrogens is 280 g/mol. The van der Waals surface area contributed by atoms with Crippen LogP contribution in [-0.2, 0) is 11.3 Å². The predicted molar refractivity (Wildman–Crippen MR) is 77.0 cm³/mol. The minimum Gasteiger partial charge on any atom is -0.481 e. The number of nitrogens with one attached hydrogen (secondary N) is 1. The Morgan fingerprint density at radius 1 is 1.60 bits per heavy atom. The SMILES string of the molecule is CCn1cc(NC(=O)N2CCSCC2CC(=O)O)cn1. The molecule has 1 fully saturated rings. The van der Waals surface area contributed by atoms with Gasteiger partial charge in [-0.3, -0.25) is 9.48 Å². The van der Waals surface area contributed by atoms with E-state index in [0.717, 1.165) is 12.3 Å². The molecule has 1 aromatic heterocycles. The van der Waals surface area contributed by atoms with Gasteiger partial charge in [0.2, 0.25) is 0 Å². The van der Waals surface area contributed by atoms with E-state index in [1.54, 1.807) is 33.7 Å². The number of hydrogen-bond donors (Lipinski definition) is 2. The van der Waals surface area contributed by atoms with E-state index in [2.05, 4.69) is 10.4 Å². The zero-order valence-electron chi connectivity index (χ0n) is 11.3. The van der Waals surface area contributed by atoms with E-state index in [0.29, 0.717) is 18.0 Å². The predicted octanol–water partition coefficient (Wildman–Crippen LogP) is 1.33. The van der Waals surface area contributed by atoms with Crippen molar-refractivity contribution in [3.63, 3.8) is 0 Å². The van der Waals surface area contributed by atoms with Gasteiger partial charge in [0, 0.05) is 30.8 Å². The lowest BCUT2D eigenvalue weighted by Crippen LogP contribution is -2.48. The first-order chi connectivity index (χ1) is 9.60. The van der Waals surface area contributed by atoms with Crippen molar-refractivity contribution >= 4 is 29.4 Å². The van der Waals surface area contributed by atoms with Crippen LogP contribution in [0.1, 0.15) is 13.3 Å². The number of amides is 2. The van der Waals surface area contributed by atoms with Gasteiger partial charge in [-0.05, 0) is 6.92 Å². The van der Waals surface area contributed by atoms with Gasteiger partial charge in [0.25, 0.3) is 0 Å². The third-order valence-corrected chi connectivity index (χ3v) is 4.20. The first kappa shape index (κ1) is 14.7. The minimum atomic E-state index is -0.880. The number of carbonyl (C=O) groups excluding carboxylic acids is 1. The van der Waals surface area contributed by atoms with Crippen molar-refractivity contribution in [1.82, 2.24) is 14.7 Å². The highest BCUT2D eigenvalue weighted by molar-refractivity contribution is 7.99. The highest BCUT2D eigenvalue weighted by Crippen LogP contribution is 2.20. The summed E-state index contributed by atoms with van der Waals surface area (Å²) in [6.07, 6.45) is 3.32. The Hall–Kier alpha value is -1.70. The van der Waals surface area contributed by atoms with E-state index < -0.39 is 5.97 Å². The average molecular weight is 298 g/mol. The summed E-state index contributed by atoms with van der Waals surface area (Å²) in [6, 6.07) is -0.514. The summed E-state index contributed by atoms with van der Waals surface area (Å²) < 4.78 is 1.72. The molecule has 7 nitrogen and oxygen atoms in total. The molecule has 20 heavy (non-hydrogen) atoms. The molecule has 1 unspecified atom stereocenters. The third-order valence-electron chi connectivity index (χ3n) is 3.11. The van der Waals surface area contributed by atoms with Crippen LogP contribution >= 0.6 is 11.8 Å². The molecule has 1 aromatic rings. The second-order valence-corrected chi connectivity index (χ2v) is 5.68. The fraction of sp³-hybridized carbons (Fsp3) is 0.583. The Kier molecular flexibility index (Phi) is 4.89. The maximum Gasteiger partial charge on any atom is 0.322 e. The van der Waals surface area contributed by atoms with Crippen molar-refractivity contribution in [1.29, 1.82) is 0 Å². The summed E-state index contributed by atoms with van der Waals surface area (Å²) in [5, 5.41) is 15.8. The van der Waals surface area contributed by atoms with E-state index in [4.69, 9.17) is 5.11 Å². The lowest BCUT2D eigenvalue weighted by atomic mass is 10.2. The number of aromatic nitrogens is 2. The number of carboxylic acids is 1. The number of hydrogen-bond acceptors (Lipinski definition) is 4. The molecule has 0 bridgehead atoms. The number of thioether (sulfide) groups is 1. The summed E-state index contributed by atoms with van der Waals surface area (Å²) in [5.41, 5.74) is 0.629. The summed E-state index contributed by atoms with van der Waals surface area (Å²) in [5.74, 6) is 0.611. The number of aliphatic carboxylic acids is 1. The Balaban J connectivity index is 1.99. The van der Waals surface area contributed by atoms with E-state index in [1.165, 1.54) is 0 Å². The molecule has 110 valence electrons. The van der Waals surface area contributed by atoms with E-state index in [1.807, 2.05) is 6.92 Å². The van der Waals surface area contributed by atoms with E-state index >= 15 is 0 Å². The van der Waals surface area contributed by atoms with E-state index in [9.17, 15) is 9.59 Å². The van der Waals surface area contributed by atoms with Crippen LogP contribution in [0.2, 0.25) is 0 Å². The van der Waals surface area contributed by atoms with Crippen LogP contribution in [0.25, 0.3) is 0 Å². The zero-order valence-corrected chi connectivity index (χ0v) is 12.1. The standard InChI is InChI=1S/C12H18N4O3S/c1-2-15-7-9(6-13-15)14-12(19)16-3-4-20-8-10(16)5-11(17)18/h6-7,10H,2-5,8H2,1H3,(H,14,19)(H,17,18). The highest BCUT2D eigenvalue weighted by atomic mass is 32.2. The van der Waals surface area contributed by atoms with Gasteiger partial charge in [0.1, 0.15) is 0 Å². The van der Waals surface area contributed by atoms with Crippen LogP contribution in [0, 0.1) is 0 Å². The van der Waals surface area contributed by atoms with Gasteiger partial charge in [-0.2, -0.15) is 16.9 Å². The summed E-state index contributed by atoms with van der Waals surface area (Å²) in [7, 11) is 0. The molecular formula is C12H18N4O3S. The van der Waals surface area contributed by atoms with Crippen molar-refractivity contribution in [2.45, 2.75) is 25.9 Å². The summed E-state index contributed by atoms with van der Waals surface area (Å²) in [6.45, 7) is 3.26. The number of carbonyl (C=O) groups is 2. The van der Waals surface area contributed by atoms with Gasteiger partial charge in [0.15, 0.2) is 0 Å². The number of rotatable bonds is 4. The van der Waals surface area contributed by atoms with Crippen LogP contribution in [0.15, 0.2) is 12.4 Å². The molecule has 0 aromatic carbocycles. The summed E-state index contributed by atoms with van der Waals surface area (Å²) >= 11 is 1.68. The summed E-state index contributed by atoms with van der Waals surface area (Å²) in [4.78, 5) is 24.7. The fourth-order valence-electron chi connectivity index (χ4n) is 2.09. The smallest absolute Gasteiger partial charge is 0.322 e. The number of aryl methyl sites for hydroxylation is 1. The molecule has 0 saturated carbocycles. The minimum absolute atomic E-state index is 0.0192. The lowest BCUT2D eigenvalue weighted by molar-refractivity contribution is -0.137. The van der Waals surface area contributed by atoms with Crippen molar-refractivity contribution < 1.29 is 14.7 Å². The fourth-order valence-corrected chi connectivity index (χ4v) is 3.15. The van der Waals surface area contributed by atoms with Gasteiger partial charge < -0.3 is 15.3 Å². The van der Waals surface area contributed by atoms with Crippen molar-refractivity contribution in [3.8, 4) is 0 Å².